The summed E-state index contributed by atoms with van der Waals surface area (Å²) in [5, 5.41) is 7.20. The van der Waals surface area contributed by atoms with Crippen LogP contribution in [0, 0.1) is 0 Å². The highest BCUT2D eigenvalue weighted by Gasteiger charge is 2.33. The van der Waals surface area contributed by atoms with Crippen molar-refractivity contribution < 1.29 is 17.9 Å². The van der Waals surface area contributed by atoms with Crippen molar-refractivity contribution in [2.75, 3.05) is 26.2 Å². The number of nitrogens with zero attached hydrogens (tertiary/aromatic N) is 5. The summed E-state index contributed by atoms with van der Waals surface area (Å²) in [6, 6.07) is 0. The Morgan fingerprint density at radius 3 is 2.27 bits per heavy atom. The fourth-order valence-corrected chi connectivity index (χ4v) is 3.35. The average molecular weight is 331 g/mol. The Bertz CT molecular complexity index is 641. The van der Waals surface area contributed by atoms with Crippen molar-refractivity contribution in [3.63, 3.8) is 0 Å². The van der Waals surface area contributed by atoms with Crippen LogP contribution in [0.2, 0.25) is 0 Å². The topological polar surface area (TPSA) is 97.6 Å². The minimum atomic E-state index is -3.67. The summed E-state index contributed by atoms with van der Waals surface area (Å²) in [6.07, 6.45) is 0.930. The largest absolute Gasteiger partial charge is 0.444 e. The van der Waals surface area contributed by atoms with Crippen LogP contribution in [0.3, 0.4) is 0 Å². The fraction of sp³-hybridized carbons (Fsp3) is 0.750. The lowest BCUT2D eigenvalue weighted by molar-refractivity contribution is 0.0192. The summed E-state index contributed by atoms with van der Waals surface area (Å²) in [6.45, 7) is 6.36. The third kappa shape index (κ3) is 3.74. The van der Waals surface area contributed by atoms with Crippen molar-refractivity contribution >= 4 is 16.1 Å². The number of aromatic nitrogens is 3. The summed E-state index contributed by atoms with van der Waals surface area (Å²) in [4.78, 5) is 13.5. The smallest absolute Gasteiger partial charge is 0.410 e. The van der Waals surface area contributed by atoms with Crippen molar-refractivity contribution in [3.8, 4) is 0 Å². The molecule has 22 heavy (non-hydrogen) atoms. The predicted octanol–water partition coefficient (Wildman–Crippen LogP) is 0.0565. The van der Waals surface area contributed by atoms with Gasteiger partial charge in [-0.2, -0.15) is 4.31 Å². The predicted molar refractivity (Wildman–Crippen MR) is 77.6 cm³/mol. The van der Waals surface area contributed by atoms with E-state index >= 15 is 0 Å². The molecule has 1 aliphatic heterocycles. The Labute approximate surface area is 129 Å². The number of hydrogen-bond acceptors (Lipinski definition) is 6. The van der Waals surface area contributed by atoms with E-state index < -0.39 is 21.7 Å². The fourth-order valence-electron chi connectivity index (χ4n) is 2.01. The van der Waals surface area contributed by atoms with Crippen molar-refractivity contribution in [2.45, 2.75) is 31.4 Å². The second-order valence-corrected chi connectivity index (χ2v) is 7.99. The van der Waals surface area contributed by atoms with Crippen LogP contribution in [0.4, 0.5) is 4.79 Å². The van der Waals surface area contributed by atoms with E-state index in [4.69, 9.17) is 4.74 Å². The SMILES string of the molecule is Cn1cc(S(=O)(=O)N2CCN(C(=O)OC(C)(C)C)CC2)nn1. The molecule has 1 aromatic heterocycles. The van der Waals surface area contributed by atoms with Crippen molar-refractivity contribution in [3.05, 3.63) is 6.20 Å². The van der Waals surface area contributed by atoms with Gasteiger partial charge in [-0.05, 0) is 20.8 Å². The zero-order valence-corrected chi connectivity index (χ0v) is 14.0. The first-order chi connectivity index (χ1) is 10.1. The molecular weight excluding hydrogens is 310 g/mol. The maximum Gasteiger partial charge on any atom is 0.410 e. The summed E-state index contributed by atoms with van der Waals surface area (Å²) in [7, 11) is -2.06. The zero-order valence-electron chi connectivity index (χ0n) is 13.2. The molecule has 0 aromatic carbocycles. The number of carbonyl (C=O) groups is 1. The van der Waals surface area contributed by atoms with Crippen molar-refractivity contribution in [2.24, 2.45) is 7.05 Å². The van der Waals surface area contributed by atoms with E-state index in [9.17, 15) is 13.2 Å². The number of carbonyl (C=O) groups excluding carboxylic acids is 1. The van der Waals surface area contributed by atoms with Gasteiger partial charge in [0, 0.05) is 33.2 Å². The molecule has 2 heterocycles. The molecule has 9 nitrogen and oxygen atoms in total. The first kappa shape index (κ1) is 16.7. The number of piperazine rings is 1. The van der Waals surface area contributed by atoms with Gasteiger partial charge in [-0.15, -0.1) is 5.10 Å². The molecule has 0 N–H and O–H groups in total. The summed E-state index contributed by atoms with van der Waals surface area (Å²) < 4.78 is 32.7. The quantitative estimate of drug-likeness (QED) is 0.760. The van der Waals surface area contributed by atoms with Gasteiger partial charge < -0.3 is 9.64 Å². The number of sulfonamides is 1. The van der Waals surface area contributed by atoms with Crippen molar-refractivity contribution in [1.29, 1.82) is 0 Å². The van der Waals surface area contributed by atoms with Gasteiger partial charge in [0.15, 0.2) is 0 Å². The van der Waals surface area contributed by atoms with Gasteiger partial charge in [-0.3, -0.25) is 4.68 Å². The highest BCUT2D eigenvalue weighted by atomic mass is 32.2. The molecule has 0 unspecified atom stereocenters. The maximum absolute atomic E-state index is 12.4. The first-order valence-corrected chi connectivity index (χ1v) is 8.38. The molecule has 0 bridgehead atoms. The van der Waals surface area contributed by atoms with Crippen LogP contribution in [0.15, 0.2) is 11.2 Å². The Balaban J connectivity index is 1.99. The minimum absolute atomic E-state index is 0.0827. The van der Waals surface area contributed by atoms with Gasteiger partial charge in [0.2, 0.25) is 5.03 Å². The molecule has 1 aliphatic rings. The lowest BCUT2D eigenvalue weighted by Gasteiger charge is -2.34. The van der Waals surface area contributed by atoms with Crippen LogP contribution in [0.25, 0.3) is 0 Å². The zero-order chi connectivity index (χ0) is 16.5. The van der Waals surface area contributed by atoms with E-state index in [2.05, 4.69) is 10.3 Å². The molecule has 1 amide bonds. The van der Waals surface area contributed by atoms with Crippen LogP contribution < -0.4 is 0 Å². The van der Waals surface area contributed by atoms with Crippen molar-refractivity contribution in [1.82, 2.24) is 24.2 Å². The number of aryl methyl sites for hydroxylation is 1. The Morgan fingerprint density at radius 1 is 1.23 bits per heavy atom. The third-order valence-corrected chi connectivity index (χ3v) is 4.84. The molecular formula is C12H21N5O4S. The van der Waals surface area contributed by atoms with E-state index in [0.717, 1.165) is 0 Å². The standard InChI is InChI=1S/C12H21N5O4S/c1-12(2,3)21-11(18)16-5-7-17(8-6-16)22(19,20)10-9-15(4)14-13-10/h9H,5-8H2,1-4H3. The summed E-state index contributed by atoms with van der Waals surface area (Å²) in [5.41, 5.74) is -0.570. The average Bonchev–Trinajstić information content (AvgIpc) is 2.84. The van der Waals surface area contributed by atoms with E-state index in [1.54, 1.807) is 27.8 Å². The van der Waals surface area contributed by atoms with Gasteiger partial charge >= 0.3 is 6.09 Å². The second-order valence-electron chi connectivity index (χ2n) is 6.10. The van der Waals surface area contributed by atoms with Crippen LogP contribution in [0.1, 0.15) is 20.8 Å². The Hall–Kier alpha value is -1.68. The Morgan fingerprint density at radius 2 is 1.82 bits per heavy atom. The molecule has 1 fully saturated rings. The number of amides is 1. The highest BCUT2D eigenvalue weighted by molar-refractivity contribution is 7.89. The Kier molecular flexibility index (Phi) is 4.43. The van der Waals surface area contributed by atoms with E-state index in [0.29, 0.717) is 0 Å². The van der Waals surface area contributed by atoms with Gasteiger partial charge in [-0.25, -0.2) is 13.2 Å². The highest BCUT2D eigenvalue weighted by Crippen LogP contribution is 2.16. The van der Waals surface area contributed by atoms with Crippen LogP contribution in [-0.4, -0.2) is 70.5 Å². The molecule has 10 heteroatoms. The molecule has 1 aromatic rings. The molecule has 0 aliphatic carbocycles. The first-order valence-electron chi connectivity index (χ1n) is 6.94. The molecule has 1 saturated heterocycles. The monoisotopic (exact) mass is 331 g/mol. The van der Waals surface area contributed by atoms with Crippen LogP contribution in [0.5, 0.6) is 0 Å². The van der Waals surface area contributed by atoms with E-state index in [1.807, 2.05) is 0 Å². The normalized spacial score (nSPS) is 17.5. The molecule has 0 atom stereocenters. The van der Waals surface area contributed by atoms with E-state index in [1.165, 1.54) is 20.1 Å². The van der Waals surface area contributed by atoms with Gasteiger partial charge in [0.1, 0.15) is 5.60 Å². The maximum atomic E-state index is 12.4. The molecule has 0 spiro atoms. The minimum Gasteiger partial charge on any atom is -0.444 e. The lowest BCUT2D eigenvalue weighted by atomic mass is 10.2. The molecule has 0 radical (unpaired) electrons. The summed E-state index contributed by atoms with van der Waals surface area (Å²) >= 11 is 0. The number of rotatable bonds is 2. The molecule has 2 rings (SSSR count). The number of ether oxygens (including phenoxy) is 1. The number of hydrogen-bond donors (Lipinski definition) is 0. The van der Waals surface area contributed by atoms with Gasteiger partial charge in [0.25, 0.3) is 10.0 Å². The summed E-state index contributed by atoms with van der Waals surface area (Å²) in [5.74, 6) is 0. The lowest BCUT2D eigenvalue weighted by Crippen LogP contribution is -2.51. The third-order valence-electron chi connectivity index (χ3n) is 3.08. The second kappa shape index (κ2) is 5.84. The molecule has 124 valence electrons. The molecule has 0 saturated carbocycles. The van der Waals surface area contributed by atoms with Gasteiger partial charge in [0.05, 0.1) is 6.20 Å². The van der Waals surface area contributed by atoms with Gasteiger partial charge in [-0.1, -0.05) is 5.21 Å². The van der Waals surface area contributed by atoms with E-state index in [-0.39, 0.29) is 31.2 Å². The van der Waals surface area contributed by atoms with Crippen LogP contribution in [-0.2, 0) is 21.8 Å². The van der Waals surface area contributed by atoms with Crippen LogP contribution >= 0.6 is 0 Å².